The Bertz CT molecular complexity index is 645. The number of halogens is 1. The number of aromatic nitrogens is 2. The first kappa shape index (κ1) is 13.7. The highest BCUT2D eigenvalue weighted by Gasteiger charge is 2.21. The van der Waals surface area contributed by atoms with E-state index in [-0.39, 0.29) is 0 Å². The van der Waals surface area contributed by atoms with Gasteiger partial charge in [0.05, 0.1) is 5.69 Å². The molecular formula is C16H20ClN3. The predicted octanol–water partition coefficient (Wildman–Crippen LogP) is 2.95. The number of benzene rings is 1. The fourth-order valence-electron chi connectivity index (χ4n) is 3.05. The molecule has 1 aromatic heterocycles. The zero-order valence-corrected chi connectivity index (χ0v) is 13.0. The standard InChI is InChI=1S/C16H20ClN3/c1-10-16(11(2)20(3)19-10)9-18-15-7-12-4-5-14(17)6-13(12)8-15/h4-6,15,18H,7-9H2,1-3H3. The monoisotopic (exact) mass is 289 g/mol. The Hall–Kier alpha value is -1.32. The Morgan fingerprint density at radius 2 is 2.05 bits per heavy atom. The van der Waals surface area contributed by atoms with Crippen LogP contribution in [0, 0.1) is 13.8 Å². The van der Waals surface area contributed by atoms with Crippen molar-refractivity contribution < 1.29 is 0 Å². The van der Waals surface area contributed by atoms with Crippen LogP contribution in [0.2, 0.25) is 5.02 Å². The molecule has 0 fully saturated rings. The van der Waals surface area contributed by atoms with Gasteiger partial charge in [-0.3, -0.25) is 4.68 Å². The molecule has 0 spiro atoms. The third-order valence-electron chi connectivity index (χ3n) is 4.33. The summed E-state index contributed by atoms with van der Waals surface area (Å²) in [6, 6.07) is 6.74. The second kappa shape index (κ2) is 5.23. The molecule has 0 saturated heterocycles. The van der Waals surface area contributed by atoms with Gasteiger partial charge in [0.2, 0.25) is 0 Å². The number of nitrogens with one attached hydrogen (secondary N) is 1. The van der Waals surface area contributed by atoms with Crippen LogP contribution in [0.1, 0.15) is 28.1 Å². The van der Waals surface area contributed by atoms with Crippen molar-refractivity contribution >= 4 is 11.6 Å². The third kappa shape index (κ3) is 2.48. The van der Waals surface area contributed by atoms with E-state index in [1.807, 2.05) is 17.8 Å². The van der Waals surface area contributed by atoms with E-state index in [1.165, 1.54) is 22.4 Å². The summed E-state index contributed by atoms with van der Waals surface area (Å²) in [7, 11) is 2.00. The molecule has 0 aliphatic heterocycles. The first-order chi connectivity index (χ1) is 9.54. The zero-order valence-electron chi connectivity index (χ0n) is 12.2. The fraction of sp³-hybridized carbons (Fsp3) is 0.438. The molecular weight excluding hydrogens is 270 g/mol. The van der Waals surface area contributed by atoms with Crippen molar-refractivity contribution in [2.75, 3.05) is 0 Å². The topological polar surface area (TPSA) is 29.9 Å². The number of nitrogens with zero attached hydrogens (tertiary/aromatic N) is 2. The van der Waals surface area contributed by atoms with Gasteiger partial charge in [-0.1, -0.05) is 17.7 Å². The fourth-order valence-corrected chi connectivity index (χ4v) is 3.25. The molecule has 1 N–H and O–H groups in total. The van der Waals surface area contributed by atoms with Gasteiger partial charge in [-0.05, 0) is 49.9 Å². The molecule has 1 heterocycles. The summed E-state index contributed by atoms with van der Waals surface area (Å²) in [6.45, 7) is 5.09. The van der Waals surface area contributed by atoms with Gasteiger partial charge in [-0.15, -0.1) is 0 Å². The number of aryl methyl sites for hydroxylation is 2. The van der Waals surface area contributed by atoms with Crippen molar-refractivity contribution in [3.8, 4) is 0 Å². The van der Waals surface area contributed by atoms with Gasteiger partial charge in [0.15, 0.2) is 0 Å². The second-order valence-corrected chi connectivity index (χ2v) is 6.11. The zero-order chi connectivity index (χ0) is 14.3. The van der Waals surface area contributed by atoms with Crippen LogP contribution in [-0.2, 0) is 26.4 Å². The van der Waals surface area contributed by atoms with Crippen molar-refractivity contribution in [3.05, 3.63) is 51.3 Å². The molecule has 0 bridgehead atoms. The lowest BCUT2D eigenvalue weighted by molar-refractivity contribution is 0.530. The lowest BCUT2D eigenvalue weighted by atomic mass is 10.1. The van der Waals surface area contributed by atoms with Crippen molar-refractivity contribution in [2.45, 2.75) is 39.3 Å². The molecule has 1 aliphatic rings. The molecule has 0 radical (unpaired) electrons. The highest BCUT2D eigenvalue weighted by atomic mass is 35.5. The van der Waals surface area contributed by atoms with E-state index in [2.05, 4.69) is 36.4 Å². The lowest BCUT2D eigenvalue weighted by Crippen LogP contribution is -2.29. The van der Waals surface area contributed by atoms with Gasteiger partial charge < -0.3 is 5.32 Å². The summed E-state index contributed by atoms with van der Waals surface area (Å²) in [5.41, 5.74) is 6.49. The van der Waals surface area contributed by atoms with Gasteiger partial charge in [0, 0.05) is 35.9 Å². The summed E-state index contributed by atoms with van der Waals surface area (Å²) in [6.07, 6.45) is 2.15. The molecule has 1 aliphatic carbocycles. The molecule has 1 atom stereocenters. The number of rotatable bonds is 3. The van der Waals surface area contributed by atoms with Crippen LogP contribution in [0.5, 0.6) is 0 Å². The van der Waals surface area contributed by atoms with E-state index in [9.17, 15) is 0 Å². The van der Waals surface area contributed by atoms with Crippen LogP contribution in [-0.4, -0.2) is 15.8 Å². The van der Waals surface area contributed by atoms with Crippen LogP contribution in [0.3, 0.4) is 0 Å². The average molecular weight is 290 g/mol. The summed E-state index contributed by atoms with van der Waals surface area (Å²) in [5, 5.41) is 8.97. The normalized spacial score (nSPS) is 17.5. The third-order valence-corrected chi connectivity index (χ3v) is 4.56. The maximum atomic E-state index is 6.06. The Labute approximate surface area is 124 Å². The van der Waals surface area contributed by atoms with E-state index in [0.717, 1.165) is 30.1 Å². The molecule has 1 aromatic carbocycles. The van der Waals surface area contributed by atoms with Crippen molar-refractivity contribution in [2.24, 2.45) is 7.05 Å². The summed E-state index contributed by atoms with van der Waals surface area (Å²) in [4.78, 5) is 0. The van der Waals surface area contributed by atoms with Gasteiger partial charge in [-0.2, -0.15) is 5.10 Å². The lowest BCUT2D eigenvalue weighted by Gasteiger charge is -2.12. The molecule has 4 heteroatoms. The minimum Gasteiger partial charge on any atom is -0.309 e. The van der Waals surface area contributed by atoms with Crippen molar-refractivity contribution in [3.63, 3.8) is 0 Å². The Morgan fingerprint density at radius 1 is 1.30 bits per heavy atom. The molecule has 0 saturated carbocycles. The van der Waals surface area contributed by atoms with Gasteiger partial charge >= 0.3 is 0 Å². The molecule has 3 nitrogen and oxygen atoms in total. The molecule has 2 aromatic rings. The van der Waals surface area contributed by atoms with E-state index < -0.39 is 0 Å². The summed E-state index contributed by atoms with van der Waals surface area (Å²) >= 11 is 6.06. The maximum absolute atomic E-state index is 6.06. The molecule has 3 rings (SSSR count). The van der Waals surface area contributed by atoms with Crippen LogP contribution in [0.15, 0.2) is 18.2 Å². The predicted molar refractivity (Wildman–Crippen MR) is 82.2 cm³/mol. The van der Waals surface area contributed by atoms with Crippen molar-refractivity contribution in [1.29, 1.82) is 0 Å². The minimum absolute atomic E-state index is 0.502. The largest absolute Gasteiger partial charge is 0.309 e. The first-order valence-corrected chi connectivity index (χ1v) is 7.42. The van der Waals surface area contributed by atoms with Crippen molar-refractivity contribution in [1.82, 2.24) is 15.1 Å². The number of fused-ring (bicyclic) bond motifs is 1. The van der Waals surface area contributed by atoms with Crippen LogP contribution in [0.25, 0.3) is 0 Å². The maximum Gasteiger partial charge on any atom is 0.0641 e. The van der Waals surface area contributed by atoms with Gasteiger partial charge in [0.25, 0.3) is 0 Å². The minimum atomic E-state index is 0.502. The van der Waals surface area contributed by atoms with Crippen LogP contribution < -0.4 is 5.32 Å². The highest BCUT2D eigenvalue weighted by Crippen LogP contribution is 2.25. The smallest absolute Gasteiger partial charge is 0.0641 e. The van der Waals surface area contributed by atoms with Crippen LogP contribution in [0.4, 0.5) is 0 Å². The van der Waals surface area contributed by atoms with E-state index >= 15 is 0 Å². The highest BCUT2D eigenvalue weighted by molar-refractivity contribution is 6.30. The molecule has 0 amide bonds. The van der Waals surface area contributed by atoms with Crippen LogP contribution >= 0.6 is 11.6 Å². The number of hydrogen-bond donors (Lipinski definition) is 1. The summed E-state index contributed by atoms with van der Waals surface area (Å²) in [5.74, 6) is 0. The summed E-state index contributed by atoms with van der Waals surface area (Å²) < 4.78 is 1.95. The van der Waals surface area contributed by atoms with Gasteiger partial charge in [-0.25, -0.2) is 0 Å². The Kier molecular flexibility index (Phi) is 3.57. The SMILES string of the molecule is Cc1nn(C)c(C)c1CNC1Cc2ccc(Cl)cc2C1. The first-order valence-electron chi connectivity index (χ1n) is 7.04. The average Bonchev–Trinajstić information content (AvgIpc) is 2.89. The number of hydrogen-bond acceptors (Lipinski definition) is 2. The molecule has 1 unspecified atom stereocenters. The van der Waals surface area contributed by atoms with E-state index in [0.29, 0.717) is 6.04 Å². The quantitative estimate of drug-likeness (QED) is 0.941. The molecule has 20 heavy (non-hydrogen) atoms. The Balaban J connectivity index is 1.67. The second-order valence-electron chi connectivity index (χ2n) is 5.67. The van der Waals surface area contributed by atoms with E-state index in [1.54, 1.807) is 0 Å². The Morgan fingerprint density at radius 3 is 2.75 bits per heavy atom. The van der Waals surface area contributed by atoms with E-state index in [4.69, 9.17) is 11.6 Å². The molecule has 106 valence electrons. The van der Waals surface area contributed by atoms with Gasteiger partial charge in [0.1, 0.15) is 0 Å².